The third-order valence-electron chi connectivity index (χ3n) is 7.09. The fraction of sp³-hybridized carbons (Fsp3) is 0.375. The van der Waals surface area contributed by atoms with Crippen LogP contribution in [-0.2, 0) is 32.6 Å². The number of amides is 2. The molecule has 0 heterocycles. The van der Waals surface area contributed by atoms with Crippen molar-refractivity contribution in [2.45, 2.75) is 45.3 Å². The van der Waals surface area contributed by atoms with Crippen LogP contribution in [-0.4, -0.2) is 71.3 Å². The van der Waals surface area contributed by atoms with Gasteiger partial charge in [-0.1, -0.05) is 49.4 Å². The number of benzene rings is 3. The molecular weight excluding hydrogens is 570 g/mol. The second-order valence-electron chi connectivity index (χ2n) is 10.2. The van der Waals surface area contributed by atoms with Gasteiger partial charge < -0.3 is 24.4 Å². The zero-order valence-electron chi connectivity index (χ0n) is 25.6. The molecule has 3 rings (SSSR count). The lowest BCUT2D eigenvalue weighted by atomic mass is 10.0. The molecule has 0 aliphatic heterocycles. The van der Waals surface area contributed by atoms with Gasteiger partial charge in [-0.2, -0.15) is 0 Å². The summed E-state index contributed by atoms with van der Waals surface area (Å²) in [6, 6.07) is 20.2. The van der Waals surface area contributed by atoms with Gasteiger partial charge in [-0.05, 0) is 48.7 Å². The quantitative estimate of drug-likeness (QED) is 0.276. The van der Waals surface area contributed by atoms with Crippen LogP contribution < -0.4 is 23.8 Å². The number of hydrogen-bond donors (Lipinski definition) is 1. The van der Waals surface area contributed by atoms with Crippen LogP contribution in [0.5, 0.6) is 17.2 Å². The van der Waals surface area contributed by atoms with E-state index in [0.717, 1.165) is 21.7 Å². The van der Waals surface area contributed by atoms with Gasteiger partial charge >= 0.3 is 0 Å². The first-order valence-corrected chi connectivity index (χ1v) is 15.8. The first-order chi connectivity index (χ1) is 20.5. The molecule has 0 aliphatic carbocycles. The smallest absolute Gasteiger partial charge is 0.244 e. The highest BCUT2D eigenvalue weighted by Gasteiger charge is 2.34. The van der Waals surface area contributed by atoms with Crippen LogP contribution >= 0.6 is 0 Å². The summed E-state index contributed by atoms with van der Waals surface area (Å²) in [6.07, 6.45) is 1.95. The predicted molar refractivity (Wildman–Crippen MR) is 167 cm³/mol. The summed E-state index contributed by atoms with van der Waals surface area (Å²) in [5.74, 6) is 0.375. The number of carbonyl (C=O) groups excluding carboxylic acids is 2. The van der Waals surface area contributed by atoms with E-state index in [-0.39, 0.29) is 36.4 Å². The number of anilines is 1. The molecular formula is C32H41N3O7S. The summed E-state index contributed by atoms with van der Waals surface area (Å²) in [7, 11) is 0.476. The Balaban J connectivity index is 2.11. The minimum atomic E-state index is -3.97. The van der Waals surface area contributed by atoms with E-state index in [9.17, 15) is 18.0 Å². The zero-order valence-corrected chi connectivity index (χ0v) is 26.4. The summed E-state index contributed by atoms with van der Waals surface area (Å²) in [6.45, 7) is 3.34. The highest BCUT2D eigenvalue weighted by atomic mass is 32.2. The minimum absolute atomic E-state index is 0.0405. The first kappa shape index (κ1) is 33.3. The van der Waals surface area contributed by atoms with E-state index in [1.807, 2.05) is 50.2 Å². The largest absolute Gasteiger partial charge is 0.497 e. The van der Waals surface area contributed by atoms with E-state index in [1.54, 1.807) is 37.4 Å². The molecule has 0 fully saturated rings. The summed E-state index contributed by atoms with van der Waals surface area (Å²) in [5, 5.41) is 3.02. The molecule has 232 valence electrons. The van der Waals surface area contributed by atoms with Gasteiger partial charge in [-0.15, -0.1) is 0 Å². The zero-order chi connectivity index (χ0) is 31.6. The van der Waals surface area contributed by atoms with Crippen molar-refractivity contribution >= 4 is 27.5 Å². The predicted octanol–water partition coefficient (Wildman–Crippen LogP) is 4.03. The van der Waals surface area contributed by atoms with Crippen LogP contribution in [0.3, 0.4) is 0 Å². The lowest BCUT2D eigenvalue weighted by Crippen LogP contribution is -2.54. The molecule has 3 aromatic carbocycles. The van der Waals surface area contributed by atoms with Gasteiger partial charge in [0.15, 0.2) is 0 Å². The maximum absolute atomic E-state index is 14.3. The third kappa shape index (κ3) is 9.12. The van der Waals surface area contributed by atoms with Crippen LogP contribution in [0.15, 0.2) is 72.8 Å². The summed E-state index contributed by atoms with van der Waals surface area (Å²) < 4.78 is 43.3. The average Bonchev–Trinajstić information content (AvgIpc) is 3.01. The molecule has 10 nitrogen and oxygen atoms in total. The Morgan fingerprint density at radius 3 is 2.12 bits per heavy atom. The van der Waals surface area contributed by atoms with Gasteiger partial charge in [-0.25, -0.2) is 8.42 Å². The Kier molecular flexibility index (Phi) is 11.8. The van der Waals surface area contributed by atoms with Crippen LogP contribution in [0, 0.1) is 0 Å². The monoisotopic (exact) mass is 611 g/mol. The Bertz CT molecular complexity index is 1480. The van der Waals surface area contributed by atoms with Crippen LogP contribution in [0.4, 0.5) is 5.69 Å². The van der Waals surface area contributed by atoms with Crippen molar-refractivity contribution in [1.82, 2.24) is 10.2 Å². The number of ether oxygens (including phenoxy) is 3. The maximum atomic E-state index is 14.3. The summed E-state index contributed by atoms with van der Waals surface area (Å²) in [4.78, 5) is 29.5. The SMILES string of the molecule is CC[C@H](C)NC(=O)[C@@H](Cc1ccccc1)N(Cc1cccc(OC)c1)C(=O)CN(c1ccc(OC)cc1OC)S(C)(=O)=O. The number of rotatable bonds is 15. The van der Waals surface area contributed by atoms with E-state index >= 15 is 0 Å². The van der Waals surface area contributed by atoms with Crippen LogP contribution in [0.25, 0.3) is 0 Å². The van der Waals surface area contributed by atoms with Crippen molar-refractivity contribution in [2.24, 2.45) is 0 Å². The third-order valence-corrected chi connectivity index (χ3v) is 8.22. The standard InChI is InChI=1S/C32H41N3O7S/c1-7-23(2)33-32(37)29(19-24-12-9-8-10-13-24)34(21-25-14-11-15-26(18-25)40-3)31(36)22-35(43(6,38)39)28-17-16-27(41-4)20-30(28)42-5/h8-18,20,23,29H,7,19,21-22H2,1-6H3,(H,33,37)/t23-,29+/m0/s1. The molecule has 1 N–H and O–H groups in total. The van der Waals surface area contributed by atoms with Gasteiger partial charge in [0.1, 0.15) is 29.8 Å². The Morgan fingerprint density at radius 1 is 0.860 bits per heavy atom. The minimum Gasteiger partial charge on any atom is -0.497 e. The molecule has 3 aromatic rings. The normalized spacial score (nSPS) is 12.5. The molecule has 0 radical (unpaired) electrons. The fourth-order valence-electron chi connectivity index (χ4n) is 4.55. The molecule has 43 heavy (non-hydrogen) atoms. The topological polar surface area (TPSA) is 114 Å². The number of nitrogens with zero attached hydrogens (tertiary/aromatic N) is 2. The fourth-order valence-corrected chi connectivity index (χ4v) is 5.40. The van der Waals surface area contributed by atoms with Crippen LogP contribution in [0.2, 0.25) is 0 Å². The second kappa shape index (κ2) is 15.3. The van der Waals surface area contributed by atoms with Crippen molar-refractivity contribution in [3.05, 3.63) is 83.9 Å². The molecule has 11 heteroatoms. The molecule has 0 saturated carbocycles. The average molecular weight is 612 g/mol. The molecule has 2 amide bonds. The molecule has 0 aliphatic rings. The van der Waals surface area contributed by atoms with Crippen LogP contribution in [0.1, 0.15) is 31.4 Å². The first-order valence-electron chi connectivity index (χ1n) is 14.0. The number of hydrogen-bond acceptors (Lipinski definition) is 7. The van der Waals surface area contributed by atoms with Crippen molar-refractivity contribution in [1.29, 1.82) is 0 Å². The lowest BCUT2D eigenvalue weighted by Gasteiger charge is -2.34. The van der Waals surface area contributed by atoms with E-state index < -0.39 is 28.5 Å². The van der Waals surface area contributed by atoms with E-state index in [4.69, 9.17) is 14.2 Å². The van der Waals surface area contributed by atoms with Gasteiger partial charge in [-0.3, -0.25) is 13.9 Å². The summed E-state index contributed by atoms with van der Waals surface area (Å²) >= 11 is 0. The Labute approximate surface area is 254 Å². The Hall–Kier alpha value is -4.25. The molecule has 0 unspecified atom stereocenters. The van der Waals surface area contributed by atoms with E-state index in [2.05, 4.69) is 5.32 Å². The van der Waals surface area contributed by atoms with E-state index in [0.29, 0.717) is 17.9 Å². The molecule has 2 atom stereocenters. The van der Waals surface area contributed by atoms with Crippen molar-refractivity contribution in [2.75, 3.05) is 38.4 Å². The highest BCUT2D eigenvalue weighted by Crippen LogP contribution is 2.34. The number of nitrogens with one attached hydrogen (secondary N) is 1. The van der Waals surface area contributed by atoms with Crippen molar-refractivity contribution in [3.63, 3.8) is 0 Å². The Morgan fingerprint density at radius 2 is 1.51 bits per heavy atom. The summed E-state index contributed by atoms with van der Waals surface area (Å²) in [5.41, 5.74) is 1.74. The highest BCUT2D eigenvalue weighted by molar-refractivity contribution is 7.92. The maximum Gasteiger partial charge on any atom is 0.244 e. The van der Waals surface area contributed by atoms with Gasteiger partial charge in [0.2, 0.25) is 21.8 Å². The molecule has 0 saturated heterocycles. The number of sulfonamides is 1. The molecule has 0 spiro atoms. The van der Waals surface area contributed by atoms with Gasteiger partial charge in [0.05, 0.1) is 33.3 Å². The van der Waals surface area contributed by atoms with Crippen molar-refractivity contribution in [3.8, 4) is 17.2 Å². The molecule has 0 aromatic heterocycles. The van der Waals surface area contributed by atoms with Gasteiger partial charge in [0.25, 0.3) is 0 Å². The number of carbonyl (C=O) groups is 2. The second-order valence-corrected chi connectivity index (χ2v) is 12.1. The number of methoxy groups -OCH3 is 3. The van der Waals surface area contributed by atoms with Gasteiger partial charge in [0, 0.05) is 25.1 Å². The van der Waals surface area contributed by atoms with Crippen molar-refractivity contribution < 1.29 is 32.2 Å². The lowest BCUT2D eigenvalue weighted by molar-refractivity contribution is -0.140. The van der Waals surface area contributed by atoms with E-state index in [1.165, 1.54) is 25.2 Å². The molecule has 0 bridgehead atoms.